The SMILES string of the molecule is CCc1ccccc1OCNC(=O)NC(C)C. The minimum atomic E-state index is -0.214. The lowest BCUT2D eigenvalue weighted by atomic mass is 10.1. The summed E-state index contributed by atoms with van der Waals surface area (Å²) in [5.41, 5.74) is 1.14. The molecule has 0 spiro atoms. The minimum absolute atomic E-state index is 0.123. The number of nitrogens with one attached hydrogen (secondary N) is 2. The van der Waals surface area contributed by atoms with E-state index in [0.29, 0.717) is 0 Å². The van der Waals surface area contributed by atoms with E-state index in [1.165, 1.54) is 0 Å². The van der Waals surface area contributed by atoms with Gasteiger partial charge in [0.05, 0.1) is 0 Å². The number of ether oxygens (including phenoxy) is 1. The summed E-state index contributed by atoms with van der Waals surface area (Å²) < 4.78 is 5.51. The van der Waals surface area contributed by atoms with Gasteiger partial charge in [-0.3, -0.25) is 0 Å². The van der Waals surface area contributed by atoms with Gasteiger partial charge in [0.25, 0.3) is 0 Å². The van der Waals surface area contributed by atoms with Crippen LogP contribution in [0.15, 0.2) is 24.3 Å². The third-order valence-corrected chi connectivity index (χ3v) is 2.23. The molecule has 0 aromatic heterocycles. The molecular weight excluding hydrogens is 216 g/mol. The zero-order valence-corrected chi connectivity index (χ0v) is 10.6. The number of amides is 2. The highest BCUT2D eigenvalue weighted by Crippen LogP contribution is 2.17. The molecule has 94 valence electrons. The normalized spacial score (nSPS) is 10.1. The van der Waals surface area contributed by atoms with Crippen LogP contribution in [0.2, 0.25) is 0 Å². The highest BCUT2D eigenvalue weighted by atomic mass is 16.5. The molecule has 0 aliphatic rings. The van der Waals surface area contributed by atoms with Crippen LogP contribution in [0.4, 0.5) is 4.79 Å². The molecule has 0 aliphatic carbocycles. The first-order chi connectivity index (χ1) is 8.13. The van der Waals surface area contributed by atoms with Gasteiger partial charge in [-0.1, -0.05) is 25.1 Å². The lowest BCUT2D eigenvalue weighted by Gasteiger charge is -2.12. The van der Waals surface area contributed by atoms with Gasteiger partial charge in [0.1, 0.15) is 5.75 Å². The van der Waals surface area contributed by atoms with Crippen molar-refractivity contribution in [3.05, 3.63) is 29.8 Å². The highest BCUT2D eigenvalue weighted by molar-refractivity contribution is 5.73. The largest absolute Gasteiger partial charge is 0.473 e. The number of hydrogen-bond donors (Lipinski definition) is 2. The average Bonchev–Trinajstić information content (AvgIpc) is 2.28. The monoisotopic (exact) mass is 236 g/mol. The van der Waals surface area contributed by atoms with Crippen LogP contribution in [-0.4, -0.2) is 18.8 Å². The van der Waals surface area contributed by atoms with E-state index in [4.69, 9.17) is 4.74 Å². The second-order valence-electron chi connectivity index (χ2n) is 4.05. The van der Waals surface area contributed by atoms with Crippen molar-refractivity contribution >= 4 is 6.03 Å². The van der Waals surface area contributed by atoms with E-state index in [2.05, 4.69) is 17.6 Å². The molecule has 0 saturated carbocycles. The van der Waals surface area contributed by atoms with E-state index >= 15 is 0 Å². The molecule has 0 unspecified atom stereocenters. The summed E-state index contributed by atoms with van der Waals surface area (Å²) in [5, 5.41) is 5.37. The van der Waals surface area contributed by atoms with Crippen molar-refractivity contribution in [3.8, 4) is 5.75 Å². The molecule has 4 nitrogen and oxygen atoms in total. The quantitative estimate of drug-likeness (QED) is 0.771. The van der Waals surface area contributed by atoms with Gasteiger partial charge in [0, 0.05) is 6.04 Å². The average molecular weight is 236 g/mol. The number of para-hydroxylation sites is 1. The topological polar surface area (TPSA) is 50.4 Å². The van der Waals surface area contributed by atoms with E-state index in [1.54, 1.807) is 0 Å². The van der Waals surface area contributed by atoms with Crippen molar-refractivity contribution in [3.63, 3.8) is 0 Å². The van der Waals surface area contributed by atoms with Crippen LogP contribution in [0.3, 0.4) is 0 Å². The number of hydrogen-bond acceptors (Lipinski definition) is 2. The number of urea groups is 1. The molecule has 2 amide bonds. The first kappa shape index (κ1) is 13.4. The molecular formula is C13H20N2O2. The Bertz CT molecular complexity index is 364. The first-order valence-corrected chi connectivity index (χ1v) is 5.88. The standard InChI is InChI=1S/C13H20N2O2/c1-4-11-7-5-6-8-12(11)17-9-14-13(16)15-10(2)3/h5-8,10H,4,9H2,1-3H3,(H2,14,15,16). The summed E-state index contributed by atoms with van der Waals surface area (Å²) >= 11 is 0. The van der Waals surface area contributed by atoms with Crippen molar-refractivity contribution in [1.29, 1.82) is 0 Å². The molecule has 0 fully saturated rings. The van der Waals surface area contributed by atoms with Crippen LogP contribution in [0.25, 0.3) is 0 Å². The van der Waals surface area contributed by atoms with Crippen LogP contribution >= 0.6 is 0 Å². The Morgan fingerprint density at radius 3 is 2.71 bits per heavy atom. The summed E-state index contributed by atoms with van der Waals surface area (Å²) in [6.07, 6.45) is 0.911. The molecule has 0 heterocycles. The molecule has 1 rings (SSSR count). The molecule has 2 N–H and O–H groups in total. The van der Waals surface area contributed by atoms with Crippen LogP contribution in [0.5, 0.6) is 5.75 Å². The maximum absolute atomic E-state index is 11.3. The van der Waals surface area contributed by atoms with Gasteiger partial charge in [-0.2, -0.15) is 0 Å². The van der Waals surface area contributed by atoms with Gasteiger partial charge in [0.15, 0.2) is 6.73 Å². The summed E-state index contributed by atoms with van der Waals surface area (Å²) in [7, 11) is 0. The molecule has 0 saturated heterocycles. The van der Waals surface area contributed by atoms with Crippen molar-refractivity contribution < 1.29 is 9.53 Å². The molecule has 0 atom stereocenters. The second-order valence-corrected chi connectivity index (χ2v) is 4.05. The zero-order chi connectivity index (χ0) is 12.7. The van der Waals surface area contributed by atoms with E-state index in [-0.39, 0.29) is 18.8 Å². The van der Waals surface area contributed by atoms with Crippen molar-refractivity contribution in [1.82, 2.24) is 10.6 Å². The number of aryl methyl sites for hydroxylation is 1. The Balaban J connectivity index is 2.38. The zero-order valence-electron chi connectivity index (χ0n) is 10.6. The van der Waals surface area contributed by atoms with Gasteiger partial charge in [-0.15, -0.1) is 0 Å². The predicted octanol–water partition coefficient (Wildman–Crippen LogP) is 2.29. The van der Waals surface area contributed by atoms with Gasteiger partial charge in [-0.25, -0.2) is 4.79 Å². The summed E-state index contributed by atoms with van der Waals surface area (Å²) in [4.78, 5) is 11.3. The maximum atomic E-state index is 11.3. The highest BCUT2D eigenvalue weighted by Gasteiger charge is 2.03. The van der Waals surface area contributed by atoms with Crippen molar-refractivity contribution in [2.24, 2.45) is 0 Å². The molecule has 1 aromatic carbocycles. The lowest BCUT2D eigenvalue weighted by Crippen LogP contribution is -2.41. The molecule has 0 bridgehead atoms. The Morgan fingerprint density at radius 2 is 2.06 bits per heavy atom. The van der Waals surface area contributed by atoms with Gasteiger partial charge in [-0.05, 0) is 31.9 Å². The fourth-order valence-electron chi connectivity index (χ4n) is 1.43. The smallest absolute Gasteiger partial charge is 0.317 e. The van der Waals surface area contributed by atoms with Gasteiger partial charge >= 0.3 is 6.03 Å². The Hall–Kier alpha value is -1.71. The van der Waals surface area contributed by atoms with Gasteiger partial charge in [0.2, 0.25) is 0 Å². The first-order valence-electron chi connectivity index (χ1n) is 5.88. The van der Waals surface area contributed by atoms with E-state index in [9.17, 15) is 4.79 Å². The maximum Gasteiger partial charge on any atom is 0.317 e. The lowest BCUT2D eigenvalue weighted by molar-refractivity contribution is 0.221. The van der Waals surface area contributed by atoms with E-state index < -0.39 is 0 Å². The van der Waals surface area contributed by atoms with Crippen LogP contribution in [0, 0.1) is 0 Å². The molecule has 1 aromatic rings. The minimum Gasteiger partial charge on any atom is -0.473 e. The molecule has 0 radical (unpaired) electrons. The summed E-state index contributed by atoms with van der Waals surface area (Å²) in [6, 6.07) is 7.73. The van der Waals surface area contributed by atoms with Crippen LogP contribution in [-0.2, 0) is 6.42 Å². The molecule has 4 heteroatoms. The number of carbonyl (C=O) groups is 1. The molecule has 0 aliphatic heterocycles. The van der Waals surface area contributed by atoms with Crippen LogP contribution < -0.4 is 15.4 Å². The second kappa shape index (κ2) is 6.78. The fourth-order valence-corrected chi connectivity index (χ4v) is 1.43. The Morgan fingerprint density at radius 1 is 1.35 bits per heavy atom. The Kier molecular flexibility index (Phi) is 5.33. The number of benzene rings is 1. The Labute approximate surface area is 102 Å². The number of carbonyl (C=O) groups excluding carboxylic acids is 1. The summed E-state index contributed by atoms with van der Waals surface area (Å²) in [6.45, 7) is 6.07. The number of rotatable bonds is 5. The predicted molar refractivity (Wildman–Crippen MR) is 68.1 cm³/mol. The summed E-state index contributed by atoms with van der Waals surface area (Å²) in [5.74, 6) is 0.819. The van der Waals surface area contributed by atoms with Crippen molar-refractivity contribution in [2.75, 3.05) is 6.73 Å². The third kappa shape index (κ3) is 4.76. The fraction of sp³-hybridized carbons (Fsp3) is 0.462. The third-order valence-electron chi connectivity index (χ3n) is 2.23. The van der Waals surface area contributed by atoms with Crippen LogP contribution in [0.1, 0.15) is 26.3 Å². The van der Waals surface area contributed by atoms with Crippen molar-refractivity contribution in [2.45, 2.75) is 33.2 Å². The van der Waals surface area contributed by atoms with E-state index in [0.717, 1.165) is 17.7 Å². The van der Waals surface area contributed by atoms with Gasteiger partial charge < -0.3 is 15.4 Å². The van der Waals surface area contributed by atoms with E-state index in [1.807, 2.05) is 38.1 Å². The molecule has 17 heavy (non-hydrogen) atoms.